The van der Waals surface area contributed by atoms with E-state index in [1.807, 2.05) is 6.92 Å². The van der Waals surface area contributed by atoms with Crippen molar-refractivity contribution in [3.8, 4) is 0 Å². The van der Waals surface area contributed by atoms with Gasteiger partial charge in [-0.25, -0.2) is 4.98 Å². The largest absolute Gasteiger partial charge is 0.385 e. The average Bonchev–Trinajstić information content (AvgIpc) is 2.70. The monoisotopic (exact) mass is 241 g/mol. The van der Waals surface area contributed by atoms with E-state index in [0.717, 1.165) is 5.82 Å². The molecule has 1 aromatic rings. The highest BCUT2D eigenvalue weighted by atomic mass is 16.5. The number of nitrogens with two attached hydrogens (primary N) is 1. The summed E-state index contributed by atoms with van der Waals surface area (Å²) in [4.78, 5) is 17.5. The smallest absolute Gasteiger partial charge is 0.239 e. The molecule has 0 saturated heterocycles. The number of nitrogens with one attached hydrogen (secondary N) is 1. The van der Waals surface area contributed by atoms with Crippen LogP contribution < -0.4 is 5.73 Å². The van der Waals surface area contributed by atoms with Gasteiger partial charge in [0.1, 0.15) is 5.82 Å². The van der Waals surface area contributed by atoms with Gasteiger partial charge in [-0.1, -0.05) is 0 Å². The molecular formula is C10H19N5O2. The van der Waals surface area contributed by atoms with Crippen LogP contribution in [0, 0.1) is 6.92 Å². The molecule has 0 spiro atoms. The van der Waals surface area contributed by atoms with E-state index in [1.165, 1.54) is 4.90 Å². The van der Waals surface area contributed by atoms with E-state index >= 15 is 0 Å². The normalized spacial score (nSPS) is 12.5. The SMILES string of the molecule is COCCC(N)C(=O)N(C)Cc1n[nH]c(C)n1. The summed E-state index contributed by atoms with van der Waals surface area (Å²) in [5.74, 6) is 1.17. The Morgan fingerprint density at radius 3 is 2.88 bits per heavy atom. The van der Waals surface area contributed by atoms with Crippen LogP contribution in [0.3, 0.4) is 0 Å². The number of likely N-dealkylation sites (N-methyl/N-ethyl adjacent to an activating group) is 1. The molecule has 7 nitrogen and oxygen atoms in total. The van der Waals surface area contributed by atoms with Crippen LogP contribution in [0.1, 0.15) is 18.1 Å². The first kappa shape index (κ1) is 13.6. The molecule has 0 saturated carbocycles. The first-order valence-corrected chi connectivity index (χ1v) is 5.42. The van der Waals surface area contributed by atoms with Gasteiger partial charge >= 0.3 is 0 Å². The van der Waals surface area contributed by atoms with E-state index in [9.17, 15) is 4.79 Å². The van der Waals surface area contributed by atoms with Crippen LogP contribution >= 0.6 is 0 Å². The Labute approximate surface area is 100 Å². The molecule has 1 rings (SSSR count). The molecule has 1 aromatic heterocycles. The van der Waals surface area contributed by atoms with Crippen molar-refractivity contribution in [3.05, 3.63) is 11.6 Å². The lowest BCUT2D eigenvalue weighted by molar-refractivity contribution is -0.132. The predicted molar refractivity (Wildman–Crippen MR) is 62.1 cm³/mol. The molecular weight excluding hydrogens is 222 g/mol. The molecule has 0 aliphatic heterocycles. The summed E-state index contributed by atoms with van der Waals surface area (Å²) in [6.07, 6.45) is 0.507. The number of ether oxygens (including phenoxy) is 1. The van der Waals surface area contributed by atoms with E-state index in [0.29, 0.717) is 25.4 Å². The molecule has 17 heavy (non-hydrogen) atoms. The molecule has 0 aromatic carbocycles. The maximum atomic E-state index is 11.8. The van der Waals surface area contributed by atoms with E-state index < -0.39 is 6.04 Å². The number of aryl methyl sites for hydroxylation is 1. The number of methoxy groups -OCH3 is 1. The molecule has 0 aliphatic carbocycles. The zero-order valence-electron chi connectivity index (χ0n) is 10.4. The van der Waals surface area contributed by atoms with Crippen molar-refractivity contribution in [1.29, 1.82) is 0 Å². The lowest BCUT2D eigenvalue weighted by Gasteiger charge is -2.19. The lowest BCUT2D eigenvalue weighted by Crippen LogP contribution is -2.42. The molecule has 0 radical (unpaired) electrons. The number of hydrogen-bond donors (Lipinski definition) is 2. The second kappa shape index (κ2) is 6.31. The summed E-state index contributed by atoms with van der Waals surface area (Å²) >= 11 is 0. The summed E-state index contributed by atoms with van der Waals surface area (Å²) in [6, 6.07) is -0.542. The lowest BCUT2D eigenvalue weighted by atomic mass is 10.2. The van der Waals surface area contributed by atoms with Crippen molar-refractivity contribution in [1.82, 2.24) is 20.1 Å². The Morgan fingerprint density at radius 2 is 2.35 bits per heavy atom. The summed E-state index contributed by atoms with van der Waals surface area (Å²) in [6.45, 7) is 2.63. The van der Waals surface area contributed by atoms with Gasteiger partial charge in [-0.2, -0.15) is 5.10 Å². The molecule has 1 heterocycles. The van der Waals surface area contributed by atoms with Gasteiger partial charge in [-0.15, -0.1) is 0 Å². The number of rotatable bonds is 6. The quantitative estimate of drug-likeness (QED) is 0.695. The molecule has 0 bridgehead atoms. The van der Waals surface area contributed by atoms with Crippen molar-refractivity contribution in [3.63, 3.8) is 0 Å². The second-order valence-electron chi connectivity index (χ2n) is 3.92. The fourth-order valence-electron chi connectivity index (χ4n) is 1.40. The third-order valence-corrected chi connectivity index (χ3v) is 2.35. The second-order valence-corrected chi connectivity index (χ2v) is 3.92. The summed E-state index contributed by atoms with van der Waals surface area (Å²) < 4.78 is 4.88. The molecule has 0 aliphatic rings. The highest BCUT2D eigenvalue weighted by Gasteiger charge is 2.18. The molecule has 1 atom stereocenters. The first-order valence-electron chi connectivity index (χ1n) is 5.42. The number of carbonyl (C=O) groups excluding carboxylic acids is 1. The van der Waals surface area contributed by atoms with Crippen molar-refractivity contribution < 1.29 is 9.53 Å². The number of aromatic nitrogens is 3. The standard InChI is InChI=1S/C10H19N5O2/c1-7-12-9(14-13-7)6-15(2)10(16)8(11)4-5-17-3/h8H,4-6,11H2,1-3H3,(H,12,13,14). The molecule has 1 unspecified atom stereocenters. The molecule has 0 fully saturated rings. The van der Waals surface area contributed by atoms with Crippen LogP contribution in [0.2, 0.25) is 0 Å². The van der Waals surface area contributed by atoms with Crippen LogP contribution in [0.5, 0.6) is 0 Å². The van der Waals surface area contributed by atoms with Crippen molar-refractivity contribution >= 4 is 5.91 Å². The van der Waals surface area contributed by atoms with Gasteiger partial charge in [0.25, 0.3) is 0 Å². The molecule has 96 valence electrons. The highest BCUT2D eigenvalue weighted by Crippen LogP contribution is 2.01. The van der Waals surface area contributed by atoms with E-state index in [2.05, 4.69) is 15.2 Å². The predicted octanol–water partition coefficient (Wildman–Crippen LogP) is -0.565. The number of H-pyrrole nitrogens is 1. The first-order chi connectivity index (χ1) is 8.04. The minimum absolute atomic E-state index is 0.135. The highest BCUT2D eigenvalue weighted by molar-refractivity contribution is 5.81. The van der Waals surface area contributed by atoms with E-state index in [-0.39, 0.29) is 5.91 Å². The Kier molecular flexibility index (Phi) is 5.05. The minimum Gasteiger partial charge on any atom is -0.385 e. The maximum Gasteiger partial charge on any atom is 0.239 e. The fourth-order valence-corrected chi connectivity index (χ4v) is 1.40. The van der Waals surface area contributed by atoms with Crippen LogP contribution in [0.4, 0.5) is 0 Å². The molecule has 3 N–H and O–H groups in total. The number of hydrogen-bond acceptors (Lipinski definition) is 5. The van der Waals surface area contributed by atoms with Crippen molar-refractivity contribution in [2.45, 2.75) is 25.9 Å². The Morgan fingerprint density at radius 1 is 1.65 bits per heavy atom. The van der Waals surface area contributed by atoms with Gasteiger partial charge < -0.3 is 15.4 Å². The van der Waals surface area contributed by atoms with Crippen molar-refractivity contribution in [2.75, 3.05) is 20.8 Å². The van der Waals surface area contributed by atoms with Gasteiger partial charge in [-0.05, 0) is 13.3 Å². The third-order valence-electron chi connectivity index (χ3n) is 2.35. The van der Waals surface area contributed by atoms with E-state index in [1.54, 1.807) is 14.2 Å². The number of carbonyl (C=O) groups is 1. The fraction of sp³-hybridized carbons (Fsp3) is 0.700. The molecule has 1 amide bonds. The minimum atomic E-state index is -0.542. The zero-order valence-corrected chi connectivity index (χ0v) is 10.4. The third kappa shape index (κ3) is 4.12. The number of nitrogens with zero attached hydrogens (tertiary/aromatic N) is 3. The van der Waals surface area contributed by atoms with Crippen LogP contribution in [-0.2, 0) is 16.1 Å². The topological polar surface area (TPSA) is 97.1 Å². The van der Waals surface area contributed by atoms with Crippen LogP contribution in [0.25, 0.3) is 0 Å². The van der Waals surface area contributed by atoms with Crippen LogP contribution in [-0.4, -0.2) is 52.8 Å². The van der Waals surface area contributed by atoms with Gasteiger partial charge in [0.15, 0.2) is 5.82 Å². The van der Waals surface area contributed by atoms with Gasteiger partial charge in [0, 0.05) is 20.8 Å². The summed E-state index contributed by atoms with van der Waals surface area (Å²) in [5, 5.41) is 6.69. The molecule has 7 heteroatoms. The summed E-state index contributed by atoms with van der Waals surface area (Å²) in [7, 11) is 3.26. The summed E-state index contributed by atoms with van der Waals surface area (Å²) in [5.41, 5.74) is 5.74. The number of aromatic amines is 1. The Bertz CT molecular complexity index is 365. The Balaban J connectivity index is 2.46. The zero-order chi connectivity index (χ0) is 12.8. The Hall–Kier alpha value is -1.47. The van der Waals surface area contributed by atoms with Gasteiger partial charge in [0.05, 0.1) is 12.6 Å². The van der Waals surface area contributed by atoms with E-state index in [4.69, 9.17) is 10.5 Å². The number of amides is 1. The van der Waals surface area contributed by atoms with Gasteiger partial charge in [-0.3, -0.25) is 9.89 Å². The average molecular weight is 241 g/mol. The maximum absolute atomic E-state index is 11.8. The van der Waals surface area contributed by atoms with Crippen LogP contribution in [0.15, 0.2) is 0 Å². The van der Waals surface area contributed by atoms with Crippen molar-refractivity contribution in [2.24, 2.45) is 5.73 Å². The van der Waals surface area contributed by atoms with Gasteiger partial charge in [0.2, 0.25) is 5.91 Å².